The van der Waals surface area contributed by atoms with Crippen molar-refractivity contribution in [3.8, 4) is 0 Å². The van der Waals surface area contributed by atoms with E-state index in [1.165, 1.54) is 6.42 Å². The molecule has 1 aromatic rings. The number of hydrogen-bond donors (Lipinski definition) is 2. The minimum atomic E-state index is -3.54. The molecule has 4 nitrogen and oxygen atoms in total. The Morgan fingerprint density at radius 1 is 1.24 bits per heavy atom. The van der Waals surface area contributed by atoms with Gasteiger partial charge in [-0.2, -0.15) is 0 Å². The van der Waals surface area contributed by atoms with E-state index in [1.54, 1.807) is 12.1 Å². The normalized spacial score (nSPS) is 22.2. The predicted molar refractivity (Wildman–Crippen MR) is 86.7 cm³/mol. The van der Waals surface area contributed by atoms with Crippen LogP contribution in [0.25, 0.3) is 0 Å². The van der Waals surface area contributed by atoms with E-state index in [2.05, 4.69) is 18.6 Å². The van der Waals surface area contributed by atoms with E-state index < -0.39 is 10.0 Å². The van der Waals surface area contributed by atoms with Gasteiger partial charge in [0.1, 0.15) is 0 Å². The number of anilines is 1. The van der Waals surface area contributed by atoms with Crippen LogP contribution >= 0.6 is 0 Å². The van der Waals surface area contributed by atoms with Crippen LogP contribution in [0.1, 0.15) is 50.7 Å². The zero-order valence-electron chi connectivity index (χ0n) is 13.4. The van der Waals surface area contributed by atoms with Gasteiger partial charge in [-0.1, -0.05) is 26.7 Å². The Bertz CT molecular complexity index is 636. The lowest BCUT2D eigenvalue weighted by Crippen LogP contribution is -2.46. The Morgan fingerprint density at radius 3 is 2.52 bits per heavy atom. The highest BCUT2D eigenvalue weighted by atomic mass is 32.2. The van der Waals surface area contributed by atoms with Gasteiger partial charge in [0.2, 0.25) is 10.0 Å². The maximum absolute atomic E-state index is 12.7. The van der Waals surface area contributed by atoms with E-state index in [0.29, 0.717) is 10.6 Å². The third-order valence-electron chi connectivity index (χ3n) is 4.74. The summed E-state index contributed by atoms with van der Waals surface area (Å²) in [5.74, 6) is 0. The van der Waals surface area contributed by atoms with Crippen molar-refractivity contribution in [3.63, 3.8) is 0 Å². The molecule has 3 N–H and O–H groups in total. The first-order valence-corrected chi connectivity index (χ1v) is 9.01. The summed E-state index contributed by atoms with van der Waals surface area (Å²) in [6.45, 7) is 7.98. The Kier molecular flexibility index (Phi) is 4.36. The monoisotopic (exact) mass is 310 g/mol. The SMILES string of the molecule is Cc1cc(N)cc(S(=O)(=O)NC2CCCCC2(C)C)c1C. The van der Waals surface area contributed by atoms with E-state index in [-0.39, 0.29) is 11.5 Å². The molecule has 0 saturated heterocycles. The molecule has 0 heterocycles. The average molecular weight is 310 g/mol. The summed E-state index contributed by atoms with van der Waals surface area (Å²) < 4.78 is 28.4. The number of aryl methyl sites for hydroxylation is 1. The van der Waals surface area contributed by atoms with Crippen molar-refractivity contribution >= 4 is 15.7 Å². The maximum Gasteiger partial charge on any atom is 0.241 e. The molecule has 1 aliphatic carbocycles. The second kappa shape index (κ2) is 5.61. The molecule has 0 aromatic heterocycles. The van der Waals surface area contributed by atoms with Gasteiger partial charge in [-0.25, -0.2) is 13.1 Å². The van der Waals surface area contributed by atoms with Crippen LogP contribution in [0.3, 0.4) is 0 Å². The largest absolute Gasteiger partial charge is 0.399 e. The van der Waals surface area contributed by atoms with Crippen molar-refractivity contribution in [1.29, 1.82) is 0 Å². The number of sulfonamides is 1. The molecule has 1 aliphatic rings. The van der Waals surface area contributed by atoms with Gasteiger partial charge in [0.15, 0.2) is 0 Å². The van der Waals surface area contributed by atoms with Crippen molar-refractivity contribution in [2.24, 2.45) is 5.41 Å². The molecule has 118 valence electrons. The average Bonchev–Trinajstić information content (AvgIpc) is 2.36. The minimum Gasteiger partial charge on any atom is -0.399 e. The number of hydrogen-bond acceptors (Lipinski definition) is 3. The first kappa shape index (κ1) is 16.3. The van der Waals surface area contributed by atoms with Crippen LogP contribution in [0, 0.1) is 19.3 Å². The predicted octanol–water partition coefficient (Wildman–Crippen LogP) is 3.13. The molecule has 1 saturated carbocycles. The lowest BCUT2D eigenvalue weighted by molar-refractivity contribution is 0.188. The smallest absolute Gasteiger partial charge is 0.241 e. The van der Waals surface area contributed by atoms with Gasteiger partial charge in [0, 0.05) is 11.7 Å². The zero-order valence-corrected chi connectivity index (χ0v) is 14.2. The summed E-state index contributed by atoms with van der Waals surface area (Å²) in [5.41, 5.74) is 7.97. The highest BCUT2D eigenvalue weighted by molar-refractivity contribution is 7.89. The third kappa shape index (κ3) is 3.40. The maximum atomic E-state index is 12.7. The lowest BCUT2D eigenvalue weighted by atomic mass is 9.74. The van der Waals surface area contributed by atoms with Crippen LogP contribution in [0.4, 0.5) is 5.69 Å². The summed E-state index contributed by atoms with van der Waals surface area (Å²) in [5, 5.41) is 0. The fourth-order valence-corrected chi connectivity index (χ4v) is 4.89. The highest BCUT2D eigenvalue weighted by Gasteiger charge is 2.35. The topological polar surface area (TPSA) is 72.2 Å². The molecule has 0 bridgehead atoms. The molecule has 1 atom stereocenters. The zero-order chi connectivity index (χ0) is 15.8. The van der Waals surface area contributed by atoms with Crippen LogP contribution in [0.15, 0.2) is 17.0 Å². The molecule has 0 aliphatic heterocycles. The highest BCUT2D eigenvalue weighted by Crippen LogP contribution is 2.36. The summed E-state index contributed by atoms with van der Waals surface area (Å²) in [4.78, 5) is 0.307. The molecule has 0 amide bonds. The Hall–Kier alpha value is -1.07. The molecule has 2 rings (SSSR count). The van der Waals surface area contributed by atoms with E-state index in [9.17, 15) is 8.42 Å². The van der Waals surface area contributed by atoms with Crippen LogP contribution in [0.5, 0.6) is 0 Å². The standard InChI is InChI=1S/C16H26N2O2S/c1-11-9-13(17)10-14(12(11)2)21(19,20)18-15-7-5-6-8-16(15,3)4/h9-10,15,18H,5-8,17H2,1-4H3. The van der Waals surface area contributed by atoms with Gasteiger partial charge in [-0.3, -0.25) is 0 Å². The van der Waals surface area contributed by atoms with Crippen LogP contribution in [-0.2, 0) is 10.0 Å². The molecule has 0 spiro atoms. The van der Waals surface area contributed by atoms with Crippen LogP contribution in [0.2, 0.25) is 0 Å². The van der Waals surface area contributed by atoms with Crippen LogP contribution in [-0.4, -0.2) is 14.5 Å². The Labute approximate surface area is 128 Å². The van der Waals surface area contributed by atoms with Crippen molar-refractivity contribution in [3.05, 3.63) is 23.3 Å². The van der Waals surface area contributed by atoms with Gasteiger partial charge in [0.25, 0.3) is 0 Å². The number of rotatable bonds is 3. The summed E-state index contributed by atoms with van der Waals surface area (Å²) in [6.07, 6.45) is 4.19. The number of nitrogens with two attached hydrogens (primary N) is 1. The third-order valence-corrected chi connectivity index (χ3v) is 6.33. The molecule has 5 heteroatoms. The van der Waals surface area contributed by atoms with E-state index in [0.717, 1.165) is 30.4 Å². The number of nitrogen functional groups attached to an aromatic ring is 1. The van der Waals surface area contributed by atoms with Crippen LogP contribution < -0.4 is 10.5 Å². The van der Waals surface area contributed by atoms with Gasteiger partial charge in [-0.05, 0) is 55.4 Å². The van der Waals surface area contributed by atoms with Gasteiger partial charge < -0.3 is 5.73 Å². The first-order chi connectivity index (χ1) is 9.63. The molecule has 1 aromatic carbocycles. The Balaban J connectivity index is 2.35. The van der Waals surface area contributed by atoms with Crippen molar-refractivity contribution in [2.75, 3.05) is 5.73 Å². The first-order valence-electron chi connectivity index (χ1n) is 7.52. The number of benzene rings is 1. The Morgan fingerprint density at radius 2 is 1.90 bits per heavy atom. The quantitative estimate of drug-likeness (QED) is 0.842. The van der Waals surface area contributed by atoms with E-state index in [4.69, 9.17) is 5.73 Å². The van der Waals surface area contributed by atoms with E-state index >= 15 is 0 Å². The fourth-order valence-electron chi connectivity index (χ4n) is 3.10. The number of nitrogens with one attached hydrogen (secondary N) is 1. The van der Waals surface area contributed by atoms with Crippen molar-refractivity contribution in [2.45, 2.75) is 64.3 Å². The van der Waals surface area contributed by atoms with E-state index in [1.807, 2.05) is 13.8 Å². The molecule has 21 heavy (non-hydrogen) atoms. The molecular weight excluding hydrogens is 284 g/mol. The summed E-state index contributed by atoms with van der Waals surface area (Å²) in [7, 11) is -3.54. The van der Waals surface area contributed by atoms with Crippen molar-refractivity contribution < 1.29 is 8.42 Å². The summed E-state index contributed by atoms with van der Waals surface area (Å²) in [6, 6.07) is 3.34. The molecule has 1 unspecified atom stereocenters. The minimum absolute atomic E-state index is 0.00536. The second-order valence-electron chi connectivity index (χ2n) is 6.87. The fraction of sp³-hybridized carbons (Fsp3) is 0.625. The lowest BCUT2D eigenvalue weighted by Gasteiger charge is -2.38. The van der Waals surface area contributed by atoms with Gasteiger partial charge in [0.05, 0.1) is 4.90 Å². The summed E-state index contributed by atoms with van der Waals surface area (Å²) >= 11 is 0. The van der Waals surface area contributed by atoms with Crippen molar-refractivity contribution in [1.82, 2.24) is 4.72 Å². The van der Waals surface area contributed by atoms with Gasteiger partial charge in [-0.15, -0.1) is 0 Å². The van der Waals surface area contributed by atoms with Gasteiger partial charge >= 0.3 is 0 Å². The molecule has 1 fully saturated rings. The molecule has 0 radical (unpaired) electrons. The second-order valence-corrected chi connectivity index (χ2v) is 8.55. The molecular formula is C16H26N2O2S.